The number of aromatic nitrogens is 2. The van der Waals surface area contributed by atoms with E-state index < -0.39 is 21.7 Å². The number of likely N-dealkylation sites (tertiary alicyclic amines) is 1. The maximum Gasteiger partial charge on any atom is 0.340 e. The van der Waals surface area contributed by atoms with Crippen LogP contribution in [0.1, 0.15) is 101 Å². The van der Waals surface area contributed by atoms with E-state index in [0.29, 0.717) is 41.7 Å². The summed E-state index contributed by atoms with van der Waals surface area (Å²) in [5.74, 6) is 1.82. The van der Waals surface area contributed by atoms with Gasteiger partial charge in [-0.05, 0) is 89.1 Å². The van der Waals surface area contributed by atoms with Gasteiger partial charge in [0.25, 0.3) is 0 Å². The molecule has 6 rings (SSSR count). The quantitative estimate of drug-likeness (QED) is 0.218. The van der Waals surface area contributed by atoms with Gasteiger partial charge in [-0.2, -0.15) is 0 Å². The molecule has 2 unspecified atom stereocenters. The lowest BCUT2D eigenvalue weighted by atomic mass is 9.84. The molecule has 240 valence electrons. The Morgan fingerprint density at radius 3 is 2.58 bits per heavy atom. The number of carbonyl (C=O) groups is 2. The highest BCUT2D eigenvalue weighted by molar-refractivity contribution is 7.90. The van der Waals surface area contributed by atoms with Crippen molar-refractivity contribution in [2.75, 3.05) is 18.4 Å². The van der Waals surface area contributed by atoms with Crippen LogP contribution in [0.15, 0.2) is 36.5 Å². The maximum absolute atomic E-state index is 13.1. The third-order valence-electron chi connectivity index (χ3n) is 9.07. The van der Waals surface area contributed by atoms with Crippen LogP contribution >= 0.6 is 0 Å². The number of pyridine rings is 2. The summed E-state index contributed by atoms with van der Waals surface area (Å²) in [6, 6.07) is 9.27. The van der Waals surface area contributed by atoms with Gasteiger partial charge in [-0.25, -0.2) is 14.8 Å². The van der Waals surface area contributed by atoms with Gasteiger partial charge in [-0.15, -0.1) is 4.72 Å². The zero-order valence-corrected chi connectivity index (χ0v) is 27.9. The molecule has 1 aromatic carbocycles. The van der Waals surface area contributed by atoms with Crippen molar-refractivity contribution < 1.29 is 23.6 Å². The molecule has 3 aliphatic rings. The largest absolute Gasteiger partial charge is 0.598 e. The smallest absolute Gasteiger partial charge is 0.340 e. The molecule has 2 aliphatic heterocycles. The van der Waals surface area contributed by atoms with Gasteiger partial charge in [-0.1, -0.05) is 19.9 Å². The highest BCUT2D eigenvalue weighted by Crippen LogP contribution is 2.39. The van der Waals surface area contributed by atoms with Gasteiger partial charge in [0, 0.05) is 34.8 Å². The van der Waals surface area contributed by atoms with Crippen LogP contribution in [0.4, 0.5) is 11.6 Å². The number of nitrogens with zero attached hydrogens (tertiary/aromatic N) is 3. The molecule has 2 aromatic heterocycles. The predicted octanol–water partition coefficient (Wildman–Crippen LogP) is 5.93. The summed E-state index contributed by atoms with van der Waals surface area (Å²) in [4.78, 5) is 36.4. The predicted molar refractivity (Wildman–Crippen MR) is 175 cm³/mol. The van der Waals surface area contributed by atoms with Gasteiger partial charge in [0.1, 0.15) is 33.8 Å². The number of fused-ring (bicyclic) bond motifs is 2. The van der Waals surface area contributed by atoms with Crippen molar-refractivity contribution in [1.82, 2.24) is 19.6 Å². The summed E-state index contributed by atoms with van der Waals surface area (Å²) in [6.07, 6.45) is 4.42. The number of carbonyl (C=O) groups excluding carboxylic acids is 2. The van der Waals surface area contributed by atoms with Gasteiger partial charge in [0.2, 0.25) is 5.91 Å². The zero-order valence-electron chi connectivity index (χ0n) is 27.1. The highest BCUT2D eigenvalue weighted by Gasteiger charge is 2.41. The molecule has 1 saturated carbocycles. The summed E-state index contributed by atoms with van der Waals surface area (Å²) < 4.78 is 28.1. The second-order valence-electron chi connectivity index (χ2n) is 14.0. The first-order valence-electron chi connectivity index (χ1n) is 15.8. The van der Waals surface area contributed by atoms with Crippen LogP contribution in [0.2, 0.25) is 0 Å². The minimum atomic E-state index is -1.27. The van der Waals surface area contributed by atoms with Gasteiger partial charge < -0.3 is 24.2 Å². The zero-order chi connectivity index (χ0) is 32.3. The van der Waals surface area contributed by atoms with Gasteiger partial charge in [0.05, 0.1) is 30.4 Å². The molecule has 0 bridgehead atoms. The number of hydrogen-bond acceptors (Lipinski definition) is 9. The Balaban J connectivity index is 1.32. The molecule has 11 heteroatoms. The van der Waals surface area contributed by atoms with Crippen molar-refractivity contribution in [3.63, 3.8) is 0 Å². The fourth-order valence-electron chi connectivity index (χ4n) is 5.73. The van der Waals surface area contributed by atoms with Crippen LogP contribution in [0.3, 0.4) is 0 Å². The molecule has 2 fully saturated rings. The topological polar surface area (TPSA) is 129 Å². The van der Waals surface area contributed by atoms with E-state index in [-0.39, 0.29) is 35.9 Å². The maximum atomic E-state index is 13.1. The highest BCUT2D eigenvalue weighted by atomic mass is 32.2. The van der Waals surface area contributed by atoms with E-state index in [0.717, 1.165) is 35.6 Å². The monoisotopic (exact) mass is 633 g/mol. The third-order valence-corrected chi connectivity index (χ3v) is 10.7. The number of amides is 1. The summed E-state index contributed by atoms with van der Waals surface area (Å²) >= 11 is -1.27. The van der Waals surface area contributed by atoms with Crippen LogP contribution in [0.5, 0.6) is 5.75 Å². The molecule has 0 spiro atoms. The number of cyclic esters (lactones) is 1. The lowest BCUT2D eigenvalue weighted by Gasteiger charge is -2.39. The number of rotatable bonds is 9. The Labute approximate surface area is 268 Å². The van der Waals surface area contributed by atoms with Crippen molar-refractivity contribution in [2.45, 2.75) is 96.1 Å². The molecule has 4 heterocycles. The molecular weight excluding hydrogens is 590 g/mol. The minimum absolute atomic E-state index is 0.0781. The lowest BCUT2D eigenvalue weighted by molar-refractivity contribution is -0.141. The van der Waals surface area contributed by atoms with E-state index in [1.54, 1.807) is 18.3 Å². The fraction of sp³-hybridized carbons (Fsp3) is 0.529. The van der Waals surface area contributed by atoms with E-state index in [9.17, 15) is 14.1 Å². The first-order valence-corrected chi connectivity index (χ1v) is 17.0. The van der Waals surface area contributed by atoms with E-state index in [4.69, 9.17) is 19.4 Å². The van der Waals surface area contributed by atoms with E-state index in [2.05, 4.69) is 17.0 Å². The number of benzene rings is 1. The number of anilines is 2. The SMILES string of the molecule is CCC(N[S+]([O-])C(C)(C)C)c1ccc(OC2CN(C(=O)C3CC3)C2)c2cnc(Nc3ccc4c(n3)[C@@H](C)C(C)(C)OC4=O)cc12. The van der Waals surface area contributed by atoms with Crippen LogP contribution in [-0.2, 0) is 20.9 Å². The third kappa shape index (κ3) is 6.35. The standard InChI is InChI=1S/C34H43N5O5S/c1-8-26(38-45(42)33(3,4)5)22-11-13-27(43-21-17-39(18-21)31(40)20-9-10-20)25-16-35-29(15-24(22)25)36-28-14-12-23-30(37-28)19(2)34(6,7)44-32(23)41/h11-16,19-21,26,38H,8-10,17-18H2,1-7H3,(H,35,36,37)/t19-,26?,45?/m1/s1. The summed E-state index contributed by atoms with van der Waals surface area (Å²) in [5.41, 5.74) is 1.48. The van der Waals surface area contributed by atoms with E-state index in [1.165, 1.54) is 0 Å². The Hall–Kier alpha value is -3.41. The van der Waals surface area contributed by atoms with Crippen molar-refractivity contribution >= 4 is 45.6 Å². The Bertz CT molecular complexity index is 1630. The van der Waals surface area contributed by atoms with Crippen molar-refractivity contribution in [1.29, 1.82) is 0 Å². The Morgan fingerprint density at radius 2 is 1.91 bits per heavy atom. The molecule has 1 aliphatic carbocycles. The Kier molecular flexibility index (Phi) is 8.24. The average molecular weight is 634 g/mol. The molecule has 10 nitrogen and oxygen atoms in total. The summed E-state index contributed by atoms with van der Waals surface area (Å²) in [7, 11) is 0. The summed E-state index contributed by atoms with van der Waals surface area (Å²) in [6.45, 7) is 14.9. The van der Waals surface area contributed by atoms with Crippen LogP contribution in [-0.4, -0.2) is 60.8 Å². The van der Waals surface area contributed by atoms with E-state index in [1.807, 2.05) is 64.6 Å². The van der Waals surface area contributed by atoms with Gasteiger partial charge in [0.15, 0.2) is 0 Å². The molecule has 1 amide bonds. The summed E-state index contributed by atoms with van der Waals surface area (Å²) in [5, 5.41) is 5.09. The van der Waals surface area contributed by atoms with Gasteiger partial charge >= 0.3 is 5.97 Å². The fourth-order valence-corrected chi connectivity index (χ4v) is 6.64. The molecule has 0 radical (unpaired) electrons. The molecule has 3 atom stereocenters. The number of ether oxygens (including phenoxy) is 2. The first-order chi connectivity index (χ1) is 21.2. The molecular formula is C34H43N5O5S. The number of nitrogens with one attached hydrogen (secondary N) is 2. The average Bonchev–Trinajstić information content (AvgIpc) is 3.81. The van der Waals surface area contributed by atoms with Crippen molar-refractivity contribution in [3.8, 4) is 5.75 Å². The van der Waals surface area contributed by atoms with E-state index >= 15 is 0 Å². The van der Waals surface area contributed by atoms with Crippen LogP contribution in [0.25, 0.3) is 10.8 Å². The minimum Gasteiger partial charge on any atom is -0.598 e. The molecule has 3 aromatic rings. The number of hydrogen-bond donors (Lipinski definition) is 2. The Morgan fingerprint density at radius 1 is 1.18 bits per heavy atom. The molecule has 45 heavy (non-hydrogen) atoms. The molecule has 2 N–H and O–H groups in total. The van der Waals surface area contributed by atoms with Gasteiger partial charge in [-0.3, -0.25) is 4.79 Å². The first kappa shape index (κ1) is 31.6. The van der Waals surface area contributed by atoms with Crippen molar-refractivity contribution in [2.24, 2.45) is 5.92 Å². The van der Waals surface area contributed by atoms with Crippen LogP contribution < -0.4 is 14.8 Å². The molecule has 1 saturated heterocycles. The normalized spacial score (nSPS) is 21.0. The van der Waals surface area contributed by atoms with Crippen LogP contribution in [0, 0.1) is 5.92 Å². The lowest BCUT2D eigenvalue weighted by Crippen LogP contribution is -2.56. The second kappa shape index (κ2) is 11.7. The van der Waals surface area contributed by atoms with Crippen molar-refractivity contribution in [3.05, 3.63) is 53.3 Å². The number of esters is 1. The second-order valence-corrected chi connectivity index (χ2v) is 16.0.